The fraction of sp³-hybridized carbons (Fsp3) is 0.909. The topological polar surface area (TPSA) is 49.3 Å². The maximum Gasteiger partial charge on any atom is 0.220 e. The summed E-state index contributed by atoms with van der Waals surface area (Å²) in [4.78, 5) is 11.4. The van der Waals surface area contributed by atoms with Gasteiger partial charge in [-0.25, -0.2) is 0 Å². The Balaban J connectivity index is 2.05. The molecule has 0 spiro atoms. The van der Waals surface area contributed by atoms with Crippen molar-refractivity contribution in [3.8, 4) is 0 Å². The number of amides is 1. The third kappa shape index (κ3) is 6.05. The normalized spacial score (nSPS) is 23.5. The zero-order valence-electron chi connectivity index (χ0n) is 9.37. The van der Waals surface area contributed by atoms with E-state index in [0.29, 0.717) is 18.1 Å². The Labute approximate surface area is 96.0 Å². The Kier molecular flexibility index (Phi) is 6.10. The molecule has 0 saturated carbocycles. The van der Waals surface area contributed by atoms with Crippen LogP contribution >= 0.6 is 11.8 Å². The molecule has 2 unspecified atom stereocenters. The lowest BCUT2D eigenvalue weighted by Gasteiger charge is -2.21. The first-order valence-corrected chi connectivity index (χ1v) is 6.79. The van der Waals surface area contributed by atoms with Crippen LogP contribution in [-0.4, -0.2) is 34.7 Å². The number of aliphatic hydroxyl groups is 1. The predicted molar refractivity (Wildman–Crippen MR) is 64.0 cm³/mol. The van der Waals surface area contributed by atoms with Crippen molar-refractivity contribution in [3.63, 3.8) is 0 Å². The fourth-order valence-corrected chi connectivity index (χ4v) is 2.86. The van der Waals surface area contributed by atoms with E-state index in [9.17, 15) is 4.79 Å². The van der Waals surface area contributed by atoms with E-state index in [1.807, 2.05) is 11.8 Å². The highest BCUT2D eigenvalue weighted by atomic mass is 32.2. The summed E-state index contributed by atoms with van der Waals surface area (Å²) >= 11 is 1.97. The SMILES string of the molecule is CC(O)CCC(=O)NCC1CCCCS1. The predicted octanol–water partition coefficient (Wildman–Crippen LogP) is 1.55. The summed E-state index contributed by atoms with van der Waals surface area (Å²) in [6, 6.07) is 0. The van der Waals surface area contributed by atoms with Crippen molar-refractivity contribution in [2.45, 2.75) is 50.4 Å². The van der Waals surface area contributed by atoms with Gasteiger partial charge in [0.15, 0.2) is 0 Å². The number of nitrogens with one attached hydrogen (secondary N) is 1. The molecule has 1 rings (SSSR count). The summed E-state index contributed by atoms with van der Waals surface area (Å²) in [7, 11) is 0. The fourth-order valence-electron chi connectivity index (χ4n) is 1.62. The van der Waals surface area contributed by atoms with Crippen LogP contribution in [0, 0.1) is 0 Å². The van der Waals surface area contributed by atoms with Crippen LogP contribution in [0.5, 0.6) is 0 Å². The van der Waals surface area contributed by atoms with E-state index in [-0.39, 0.29) is 12.0 Å². The maximum absolute atomic E-state index is 11.4. The Morgan fingerprint density at radius 2 is 2.40 bits per heavy atom. The first-order chi connectivity index (χ1) is 7.18. The van der Waals surface area contributed by atoms with Gasteiger partial charge in [-0.05, 0) is 31.9 Å². The minimum absolute atomic E-state index is 0.0714. The zero-order chi connectivity index (χ0) is 11.1. The summed E-state index contributed by atoms with van der Waals surface area (Å²) in [5.74, 6) is 1.30. The van der Waals surface area contributed by atoms with Gasteiger partial charge in [0.25, 0.3) is 0 Å². The molecule has 0 aromatic heterocycles. The maximum atomic E-state index is 11.4. The summed E-state index contributed by atoms with van der Waals surface area (Å²) in [5.41, 5.74) is 0. The van der Waals surface area contributed by atoms with Gasteiger partial charge in [-0.1, -0.05) is 6.42 Å². The summed E-state index contributed by atoms with van der Waals surface area (Å²) < 4.78 is 0. The Bertz CT molecular complexity index is 191. The first kappa shape index (κ1) is 12.8. The van der Waals surface area contributed by atoms with E-state index in [2.05, 4.69) is 5.32 Å². The van der Waals surface area contributed by atoms with E-state index in [1.54, 1.807) is 6.92 Å². The Hall–Kier alpha value is -0.220. The highest BCUT2D eigenvalue weighted by Crippen LogP contribution is 2.24. The third-order valence-corrected chi connectivity index (χ3v) is 3.99. The third-order valence-electron chi connectivity index (χ3n) is 2.59. The van der Waals surface area contributed by atoms with Crippen LogP contribution in [0.25, 0.3) is 0 Å². The van der Waals surface area contributed by atoms with E-state index >= 15 is 0 Å². The summed E-state index contributed by atoms with van der Waals surface area (Å²) in [6.45, 7) is 2.51. The zero-order valence-corrected chi connectivity index (χ0v) is 10.2. The molecule has 2 atom stereocenters. The lowest BCUT2D eigenvalue weighted by molar-refractivity contribution is -0.121. The number of thioether (sulfide) groups is 1. The highest BCUT2D eigenvalue weighted by Gasteiger charge is 2.14. The van der Waals surface area contributed by atoms with Gasteiger partial charge in [0.1, 0.15) is 0 Å². The molecule has 88 valence electrons. The van der Waals surface area contributed by atoms with Crippen LogP contribution < -0.4 is 5.32 Å². The van der Waals surface area contributed by atoms with Crippen molar-refractivity contribution in [2.24, 2.45) is 0 Å². The van der Waals surface area contributed by atoms with Gasteiger partial charge < -0.3 is 10.4 Å². The van der Waals surface area contributed by atoms with Crippen molar-refractivity contribution in [1.29, 1.82) is 0 Å². The standard InChI is InChI=1S/C11H21NO2S/c1-9(13)5-6-11(14)12-8-10-4-2-3-7-15-10/h9-10,13H,2-8H2,1H3,(H,12,14). The molecule has 0 aliphatic carbocycles. The average Bonchev–Trinajstić information content (AvgIpc) is 2.25. The van der Waals surface area contributed by atoms with Crippen LogP contribution in [0.4, 0.5) is 0 Å². The van der Waals surface area contributed by atoms with Gasteiger partial charge in [0.2, 0.25) is 5.91 Å². The molecular weight excluding hydrogens is 210 g/mol. The smallest absolute Gasteiger partial charge is 0.220 e. The molecule has 15 heavy (non-hydrogen) atoms. The van der Waals surface area contributed by atoms with Crippen molar-refractivity contribution in [3.05, 3.63) is 0 Å². The number of carbonyl (C=O) groups excluding carboxylic acids is 1. The second kappa shape index (κ2) is 7.12. The number of carbonyl (C=O) groups is 1. The quantitative estimate of drug-likeness (QED) is 0.755. The van der Waals surface area contributed by atoms with Crippen molar-refractivity contribution >= 4 is 17.7 Å². The molecule has 1 saturated heterocycles. The van der Waals surface area contributed by atoms with Crippen LogP contribution in [0.15, 0.2) is 0 Å². The van der Waals surface area contributed by atoms with Crippen molar-refractivity contribution < 1.29 is 9.90 Å². The minimum atomic E-state index is -0.375. The first-order valence-electron chi connectivity index (χ1n) is 5.75. The molecule has 2 N–H and O–H groups in total. The van der Waals surface area contributed by atoms with E-state index < -0.39 is 0 Å². The molecule has 1 fully saturated rings. The van der Waals surface area contributed by atoms with Crippen LogP contribution in [0.2, 0.25) is 0 Å². The van der Waals surface area contributed by atoms with Gasteiger partial charge >= 0.3 is 0 Å². The monoisotopic (exact) mass is 231 g/mol. The molecule has 4 heteroatoms. The minimum Gasteiger partial charge on any atom is -0.393 e. The average molecular weight is 231 g/mol. The lowest BCUT2D eigenvalue weighted by Crippen LogP contribution is -2.32. The second-order valence-corrected chi connectivity index (χ2v) is 5.59. The molecule has 0 aromatic carbocycles. The molecule has 0 bridgehead atoms. The van der Waals surface area contributed by atoms with E-state index in [0.717, 1.165) is 6.54 Å². The van der Waals surface area contributed by atoms with Gasteiger partial charge in [0, 0.05) is 18.2 Å². The Morgan fingerprint density at radius 3 is 3.00 bits per heavy atom. The summed E-state index contributed by atoms with van der Waals surface area (Å²) in [5, 5.41) is 12.6. The second-order valence-electron chi connectivity index (χ2n) is 4.18. The number of hydrogen-bond acceptors (Lipinski definition) is 3. The van der Waals surface area contributed by atoms with Crippen LogP contribution in [-0.2, 0) is 4.79 Å². The molecule has 1 aliphatic rings. The van der Waals surface area contributed by atoms with Gasteiger partial charge in [-0.15, -0.1) is 0 Å². The highest BCUT2D eigenvalue weighted by molar-refractivity contribution is 7.99. The van der Waals surface area contributed by atoms with Crippen molar-refractivity contribution in [1.82, 2.24) is 5.32 Å². The molecule has 0 aromatic rings. The van der Waals surface area contributed by atoms with E-state index in [4.69, 9.17) is 5.11 Å². The van der Waals surface area contributed by atoms with Crippen LogP contribution in [0.3, 0.4) is 0 Å². The number of hydrogen-bond donors (Lipinski definition) is 2. The Morgan fingerprint density at radius 1 is 1.60 bits per heavy atom. The number of aliphatic hydroxyl groups excluding tert-OH is 1. The molecule has 1 aliphatic heterocycles. The molecule has 1 amide bonds. The molecule has 1 heterocycles. The van der Waals surface area contributed by atoms with E-state index in [1.165, 1.54) is 25.0 Å². The summed E-state index contributed by atoms with van der Waals surface area (Å²) in [6.07, 6.45) is 4.46. The largest absolute Gasteiger partial charge is 0.393 e. The number of rotatable bonds is 5. The molecular formula is C11H21NO2S. The molecule has 0 radical (unpaired) electrons. The van der Waals surface area contributed by atoms with Gasteiger partial charge in [-0.3, -0.25) is 4.79 Å². The molecule has 3 nitrogen and oxygen atoms in total. The van der Waals surface area contributed by atoms with Gasteiger partial charge in [0.05, 0.1) is 6.10 Å². The van der Waals surface area contributed by atoms with Crippen LogP contribution in [0.1, 0.15) is 39.0 Å². The lowest BCUT2D eigenvalue weighted by atomic mass is 10.2. The van der Waals surface area contributed by atoms with Gasteiger partial charge in [-0.2, -0.15) is 11.8 Å². The van der Waals surface area contributed by atoms with Crippen molar-refractivity contribution in [2.75, 3.05) is 12.3 Å².